The number of aliphatic hydroxyl groups excluding tert-OH is 1. The lowest BCUT2D eigenvalue weighted by molar-refractivity contribution is 0.222. The molecule has 2 aromatic rings. The van der Waals surface area contributed by atoms with Crippen LogP contribution in [0.4, 0.5) is 0 Å². The quantitative estimate of drug-likeness (QED) is 0.880. The van der Waals surface area contributed by atoms with E-state index in [-0.39, 0.29) is 0 Å². The molecule has 0 bridgehead atoms. The van der Waals surface area contributed by atoms with Crippen molar-refractivity contribution in [1.82, 2.24) is 0 Å². The van der Waals surface area contributed by atoms with Gasteiger partial charge in [-0.05, 0) is 52.4 Å². The number of hydrogen-bond acceptors (Lipinski definition) is 2. The molecule has 0 spiro atoms. The van der Waals surface area contributed by atoms with Crippen molar-refractivity contribution >= 4 is 27.3 Å². The molecule has 0 aliphatic heterocycles. The Labute approximate surface area is 108 Å². The summed E-state index contributed by atoms with van der Waals surface area (Å²) < 4.78 is 0.977. The summed E-state index contributed by atoms with van der Waals surface area (Å²) in [5.41, 5.74) is 3.33. The maximum absolute atomic E-state index is 10.3. The van der Waals surface area contributed by atoms with Gasteiger partial charge in [-0.1, -0.05) is 23.8 Å². The summed E-state index contributed by atoms with van der Waals surface area (Å²) in [4.78, 5) is 0.965. The van der Waals surface area contributed by atoms with Crippen LogP contribution in [-0.2, 0) is 0 Å². The Morgan fingerprint density at radius 3 is 2.56 bits per heavy atom. The van der Waals surface area contributed by atoms with E-state index in [1.807, 2.05) is 30.5 Å². The van der Waals surface area contributed by atoms with Crippen LogP contribution in [0, 0.1) is 13.8 Å². The van der Waals surface area contributed by atoms with E-state index in [0.717, 1.165) is 20.5 Å². The number of hydrogen-bond donors (Lipinski definition) is 1. The van der Waals surface area contributed by atoms with E-state index >= 15 is 0 Å². The maximum Gasteiger partial charge on any atom is 0.115 e. The first-order valence-electron chi connectivity index (χ1n) is 5.07. The van der Waals surface area contributed by atoms with Crippen LogP contribution >= 0.6 is 27.3 Å². The SMILES string of the molecule is Cc1ccc(C(O)c2sccc2Br)c(C)c1. The zero-order valence-corrected chi connectivity index (χ0v) is 11.6. The average molecular weight is 297 g/mol. The predicted molar refractivity (Wildman–Crippen MR) is 72.0 cm³/mol. The van der Waals surface area contributed by atoms with E-state index in [1.54, 1.807) is 11.3 Å². The second-order valence-corrected chi connectivity index (χ2v) is 5.70. The van der Waals surface area contributed by atoms with Gasteiger partial charge in [0.15, 0.2) is 0 Å². The van der Waals surface area contributed by atoms with E-state index < -0.39 is 6.10 Å². The monoisotopic (exact) mass is 296 g/mol. The van der Waals surface area contributed by atoms with Gasteiger partial charge in [-0.2, -0.15) is 0 Å². The normalized spacial score (nSPS) is 12.8. The zero-order chi connectivity index (χ0) is 11.7. The number of thiophene rings is 1. The van der Waals surface area contributed by atoms with Crippen molar-refractivity contribution in [2.45, 2.75) is 20.0 Å². The van der Waals surface area contributed by atoms with Crippen LogP contribution in [-0.4, -0.2) is 5.11 Å². The summed E-state index contributed by atoms with van der Waals surface area (Å²) in [5.74, 6) is 0. The molecule has 16 heavy (non-hydrogen) atoms. The third-order valence-electron chi connectivity index (χ3n) is 2.61. The molecule has 0 radical (unpaired) electrons. The molecule has 0 saturated carbocycles. The van der Waals surface area contributed by atoms with Gasteiger partial charge in [-0.3, -0.25) is 0 Å². The molecule has 1 heterocycles. The average Bonchev–Trinajstić information content (AvgIpc) is 2.63. The van der Waals surface area contributed by atoms with Crippen LogP contribution < -0.4 is 0 Å². The van der Waals surface area contributed by atoms with Crippen LogP contribution in [0.5, 0.6) is 0 Å². The van der Waals surface area contributed by atoms with Gasteiger partial charge in [0.2, 0.25) is 0 Å². The van der Waals surface area contributed by atoms with E-state index in [2.05, 4.69) is 28.9 Å². The van der Waals surface area contributed by atoms with E-state index in [0.29, 0.717) is 0 Å². The van der Waals surface area contributed by atoms with Gasteiger partial charge in [-0.15, -0.1) is 11.3 Å². The van der Waals surface area contributed by atoms with Crippen LogP contribution in [0.25, 0.3) is 0 Å². The third-order valence-corrected chi connectivity index (χ3v) is 4.54. The van der Waals surface area contributed by atoms with Gasteiger partial charge >= 0.3 is 0 Å². The summed E-state index contributed by atoms with van der Waals surface area (Å²) in [5, 5.41) is 12.3. The van der Waals surface area contributed by atoms with Crippen molar-refractivity contribution in [2.24, 2.45) is 0 Å². The van der Waals surface area contributed by atoms with E-state index in [9.17, 15) is 5.11 Å². The lowest BCUT2D eigenvalue weighted by Crippen LogP contribution is -2.00. The fraction of sp³-hybridized carbons (Fsp3) is 0.231. The van der Waals surface area contributed by atoms with Gasteiger partial charge in [0, 0.05) is 4.47 Å². The highest BCUT2D eigenvalue weighted by Gasteiger charge is 2.16. The van der Waals surface area contributed by atoms with Crippen molar-refractivity contribution < 1.29 is 5.11 Å². The second-order valence-electron chi connectivity index (χ2n) is 3.90. The molecule has 3 heteroatoms. The number of halogens is 1. The first-order chi connectivity index (χ1) is 7.59. The molecule has 1 aromatic carbocycles. The molecule has 0 amide bonds. The summed E-state index contributed by atoms with van der Waals surface area (Å²) in [6, 6.07) is 8.10. The minimum atomic E-state index is -0.532. The molecular weight excluding hydrogens is 284 g/mol. The first kappa shape index (κ1) is 11.8. The van der Waals surface area contributed by atoms with Crippen molar-refractivity contribution in [3.8, 4) is 0 Å². The Kier molecular flexibility index (Phi) is 3.47. The number of benzene rings is 1. The number of aryl methyl sites for hydroxylation is 2. The van der Waals surface area contributed by atoms with Crippen LogP contribution in [0.3, 0.4) is 0 Å². The molecule has 1 aromatic heterocycles. The first-order valence-corrected chi connectivity index (χ1v) is 6.75. The Balaban J connectivity index is 2.41. The summed E-state index contributed by atoms with van der Waals surface area (Å²) in [7, 11) is 0. The smallest absolute Gasteiger partial charge is 0.115 e. The molecule has 1 N–H and O–H groups in total. The third kappa shape index (κ3) is 2.21. The highest BCUT2D eigenvalue weighted by molar-refractivity contribution is 9.10. The zero-order valence-electron chi connectivity index (χ0n) is 9.20. The lowest BCUT2D eigenvalue weighted by Gasteiger charge is -2.13. The van der Waals surface area contributed by atoms with Crippen LogP contribution in [0.2, 0.25) is 0 Å². The predicted octanol–water partition coefficient (Wildman–Crippen LogP) is 4.21. The van der Waals surface area contributed by atoms with Gasteiger partial charge in [0.05, 0.1) is 4.88 Å². The standard InChI is InChI=1S/C13H13BrOS/c1-8-3-4-10(9(2)7-8)12(15)13-11(14)5-6-16-13/h3-7,12,15H,1-2H3. The largest absolute Gasteiger partial charge is 0.383 e. The highest BCUT2D eigenvalue weighted by Crippen LogP contribution is 2.34. The van der Waals surface area contributed by atoms with Gasteiger partial charge in [0.1, 0.15) is 6.10 Å². The Morgan fingerprint density at radius 2 is 2.00 bits per heavy atom. The minimum Gasteiger partial charge on any atom is -0.383 e. The molecule has 0 aliphatic rings. The fourth-order valence-corrected chi connectivity index (χ4v) is 3.37. The van der Waals surface area contributed by atoms with Gasteiger partial charge in [0.25, 0.3) is 0 Å². The second kappa shape index (κ2) is 4.70. The summed E-state index contributed by atoms with van der Waals surface area (Å²) in [6.45, 7) is 4.09. The molecule has 1 nitrogen and oxygen atoms in total. The van der Waals surface area contributed by atoms with E-state index in [4.69, 9.17) is 0 Å². The van der Waals surface area contributed by atoms with Gasteiger partial charge in [-0.25, -0.2) is 0 Å². The molecule has 1 atom stereocenters. The Hall–Kier alpha value is -0.640. The summed E-state index contributed by atoms with van der Waals surface area (Å²) in [6.07, 6.45) is -0.532. The summed E-state index contributed by atoms with van der Waals surface area (Å²) >= 11 is 5.02. The molecule has 0 aliphatic carbocycles. The van der Waals surface area contributed by atoms with Crippen LogP contribution in [0.1, 0.15) is 27.7 Å². The molecule has 0 saturated heterocycles. The molecular formula is C13H13BrOS. The number of rotatable bonds is 2. The maximum atomic E-state index is 10.3. The van der Waals surface area contributed by atoms with Crippen molar-refractivity contribution in [3.63, 3.8) is 0 Å². The van der Waals surface area contributed by atoms with Gasteiger partial charge < -0.3 is 5.11 Å². The Bertz CT molecular complexity index is 504. The molecule has 2 rings (SSSR count). The Morgan fingerprint density at radius 1 is 1.25 bits per heavy atom. The highest BCUT2D eigenvalue weighted by atomic mass is 79.9. The van der Waals surface area contributed by atoms with E-state index in [1.165, 1.54) is 5.56 Å². The fourth-order valence-electron chi connectivity index (χ4n) is 1.77. The lowest BCUT2D eigenvalue weighted by atomic mass is 10.0. The molecule has 84 valence electrons. The van der Waals surface area contributed by atoms with Crippen molar-refractivity contribution in [1.29, 1.82) is 0 Å². The van der Waals surface area contributed by atoms with Crippen molar-refractivity contribution in [3.05, 3.63) is 55.7 Å². The van der Waals surface area contributed by atoms with Crippen molar-refractivity contribution in [2.75, 3.05) is 0 Å². The topological polar surface area (TPSA) is 20.2 Å². The molecule has 1 unspecified atom stereocenters. The molecule has 0 fully saturated rings. The van der Waals surface area contributed by atoms with Crippen LogP contribution in [0.15, 0.2) is 34.1 Å². The number of aliphatic hydroxyl groups is 1. The minimum absolute atomic E-state index is 0.532.